The van der Waals surface area contributed by atoms with Gasteiger partial charge in [0.15, 0.2) is 6.10 Å². The van der Waals surface area contributed by atoms with Crippen LogP contribution in [0.5, 0.6) is 0 Å². The van der Waals surface area contributed by atoms with Gasteiger partial charge in [-0.15, -0.1) is 0 Å². The number of benzene rings is 2. The van der Waals surface area contributed by atoms with E-state index in [0.29, 0.717) is 29.6 Å². The minimum Gasteiger partial charge on any atom is -0.453 e. The van der Waals surface area contributed by atoms with E-state index < -0.39 is 22.9 Å². The zero-order valence-corrected chi connectivity index (χ0v) is 16.7. The highest BCUT2D eigenvalue weighted by atomic mass is 16.6. The topological polar surface area (TPSA) is 144 Å². The molecule has 0 saturated heterocycles. The van der Waals surface area contributed by atoms with E-state index in [-0.39, 0.29) is 23.4 Å². The van der Waals surface area contributed by atoms with Crippen LogP contribution in [-0.2, 0) is 20.7 Å². The molecule has 31 heavy (non-hydrogen) atoms. The predicted molar refractivity (Wildman–Crippen MR) is 113 cm³/mol. The Balaban J connectivity index is 1.51. The lowest BCUT2D eigenvalue weighted by Crippen LogP contribution is -2.30. The molecule has 1 aromatic heterocycles. The second-order valence-corrected chi connectivity index (χ2v) is 6.78. The molecule has 0 aliphatic heterocycles. The van der Waals surface area contributed by atoms with Gasteiger partial charge in [0.25, 0.3) is 17.2 Å². The number of aromatic nitrogens is 2. The lowest BCUT2D eigenvalue weighted by atomic mass is 10.2. The number of amides is 1. The van der Waals surface area contributed by atoms with E-state index >= 15 is 0 Å². The van der Waals surface area contributed by atoms with Gasteiger partial charge in [-0.1, -0.05) is 24.3 Å². The van der Waals surface area contributed by atoms with E-state index in [4.69, 9.17) is 4.74 Å². The first-order chi connectivity index (χ1) is 14.8. The minimum atomic E-state index is -1.13. The third kappa shape index (κ3) is 5.50. The number of hydrogen-bond acceptors (Lipinski definition) is 7. The fourth-order valence-corrected chi connectivity index (χ4v) is 2.94. The van der Waals surface area contributed by atoms with Gasteiger partial charge in [-0.2, -0.15) is 0 Å². The molecule has 10 nitrogen and oxygen atoms in total. The van der Waals surface area contributed by atoms with Crippen LogP contribution in [0.4, 0.5) is 11.4 Å². The van der Waals surface area contributed by atoms with Gasteiger partial charge in [-0.3, -0.25) is 24.5 Å². The van der Waals surface area contributed by atoms with Crippen LogP contribution in [0.2, 0.25) is 0 Å². The van der Waals surface area contributed by atoms with E-state index in [1.807, 2.05) is 0 Å². The molecular weight excluding hydrogens is 404 g/mol. The molecule has 3 rings (SSSR count). The summed E-state index contributed by atoms with van der Waals surface area (Å²) in [4.78, 5) is 53.8. The van der Waals surface area contributed by atoms with Gasteiger partial charge in [0.1, 0.15) is 11.5 Å². The van der Waals surface area contributed by atoms with Crippen molar-refractivity contribution in [3.05, 3.63) is 74.8 Å². The van der Waals surface area contributed by atoms with Crippen molar-refractivity contribution in [3.63, 3.8) is 0 Å². The third-order valence-electron chi connectivity index (χ3n) is 4.49. The molecule has 0 saturated carbocycles. The number of ether oxygens (including phenoxy) is 1. The quantitative estimate of drug-likeness (QED) is 0.321. The van der Waals surface area contributed by atoms with Gasteiger partial charge in [-0.25, -0.2) is 4.98 Å². The number of nitrogens with zero attached hydrogens (tertiary/aromatic N) is 2. The molecule has 0 spiro atoms. The molecule has 0 radical (unpaired) electrons. The lowest BCUT2D eigenvalue weighted by Gasteiger charge is -2.13. The van der Waals surface area contributed by atoms with Crippen LogP contribution < -0.4 is 10.9 Å². The number of H-pyrrole nitrogens is 1. The van der Waals surface area contributed by atoms with Crippen LogP contribution in [0.25, 0.3) is 10.9 Å². The van der Waals surface area contributed by atoms with E-state index in [0.717, 1.165) is 0 Å². The maximum Gasteiger partial charge on any atom is 0.306 e. The Kier molecular flexibility index (Phi) is 6.71. The van der Waals surface area contributed by atoms with Gasteiger partial charge < -0.3 is 15.0 Å². The minimum absolute atomic E-state index is 0.0135. The Labute approximate surface area is 176 Å². The summed E-state index contributed by atoms with van der Waals surface area (Å²) in [5.74, 6) is -0.824. The van der Waals surface area contributed by atoms with Crippen molar-refractivity contribution >= 4 is 34.2 Å². The first-order valence-electron chi connectivity index (χ1n) is 9.57. The van der Waals surface area contributed by atoms with Crippen molar-refractivity contribution in [2.75, 3.05) is 5.32 Å². The van der Waals surface area contributed by atoms with Crippen LogP contribution in [0.3, 0.4) is 0 Å². The van der Waals surface area contributed by atoms with Crippen LogP contribution >= 0.6 is 0 Å². The number of nitro groups is 1. The SMILES string of the molecule is CC(OC(=O)CCCc1nc2ccccc2c(=O)[nH]1)C(=O)Nc1ccccc1[N+](=O)[O-]. The van der Waals surface area contributed by atoms with Crippen molar-refractivity contribution in [1.29, 1.82) is 0 Å². The molecule has 2 aromatic carbocycles. The fraction of sp³-hybridized carbons (Fsp3) is 0.238. The number of anilines is 1. The zero-order valence-electron chi connectivity index (χ0n) is 16.7. The lowest BCUT2D eigenvalue weighted by molar-refractivity contribution is -0.383. The zero-order chi connectivity index (χ0) is 22.4. The van der Waals surface area contributed by atoms with Gasteiger partial charge in [0.05, 0.1) is 15.8 Å². The predicted octanol–water partition coefficient (Wildman–Crippen LogP) is 2.72. The largest absolute Gasteiger partial charge is 0.453 e. The van der Waals surface area contributed by atoms with Crippen molar-refractivity contribution < 1.29 is 19.2 Å². The number of hydrogen-bond donors (Lipinski definition) is 2. The monoisotopic (exact) mass is 424 g/mol. The number of para-hydroxylation sites is 3. The van der Waals surface area contributed by atoms with Crippen LogP contribution in [0, 0.1) is 10.1 Å². The highest BCUT2D eigenvalue weighted by molar-refractivity contribution is 5.96. The number of fused-ring (bicyclic) bond motifs is 1. The first-order valence-corrected chi connectivity index (χ1v) is 9.57. The Morgan fingerprint density at radius 2 is 1.90 bits per heavy atom. The molecular formula is C21H20N4O6. The molecule has 0 aliphatic carbocycles. The summed E-state index contributed by atoms with van der Waals surface area (Å²) in [5, 5.41) is 13.9. The summed E-state index contributed by atoms with van der Waals surface area (Å²) in [6.45, 7) is 1.38. The Hall–Kier alpha value is -4.08. The van der Waals surface area contributed by atoms with Crippen LogP contribution in [0.15, 0.2) is 53.3 Å². The molecule has 1 atom stereocenters. The molecule has 2 N–H and O–H groups in total. The number of esters is 1. The number of carbonyl (C=O) groups is 2. The van der Waals surface area contributed by atoms with E-state index in [2.05, 4.69) is 15.3 Å². The molecule has 0 bridgehead atoms. The van der Waals surface area contributed by atoms with Gasteiger partial charge in [0.2, 0.25) is 0 Å². The van der Waals surface area contributed by atoms with E-state index in [1.165, 1.54) is 25.1 Å². The normalized spacial score (nSPS) is 11.6. The molecule has 1 heterocycles. The average Bonchev–Trinajstić information content (AvgIpc) is 2.74. The molecule has 160 valence electrons. The average molecular weight is 424 g/mol. The summed E-state index contributed by atoms with van der Waals surface area (Å²) in [6.07, 6.45) is -0.407. The Morgan fingerprint density at radius 3 is 2.68 bits per heavy atom. The first kappa shape index (κ1) is 21.6. The van der Waals surface area contributed by atoms with Gasteiger partial charge >= 0.3 is 5.97 Å². The van der Waals surface area contributed by atoms with Crippen molar-refractivity contribution in [2.24, 2.45) is 0 Å². The van der Waals surface area contributed by atoms with Gasteiger partial charge in [0, 0.05) is 18.9 Å². The smallest absolute Gasteiger partial charge is 0.306 e. The number of aromatic amines is 1. The van der Waals surface area contributed by atoms with Crippen LogP contribution in [0.1, 0.15) is 25.6 Å². The number of carbonyl (C=O) groups excluding carboxylic acids is 2. The van der Waals surface area contributed by atoms with Crippen LogP contribution in [-0.4, -0.2) is 32.9 Å². The molecule has 1 amide bonds. The van der Waals surface area contributed by atoms with E-state index in [1.54, 1.807) is 30.3 Å². The Bertz CT molecular complexity index is 1190. The van der Waals surface area contributed by atoms with Gasteiger partial charge in [-0.05, 0) is 31.5 Å². The highest BCUT2D eigenvalue weighted by Gasteiger charge is 2.21. The molecule has 0 aliphatic rings. The summed E-state index contributed by atoms with van der Waals surface area (Å²) in [5.41, 5.74) is 0.0885. The number of aryl methyl sites for hydroxylation is 1. The van der Waals surface area contributed by atoms with E-state index in [9.17, 15) is 24.5 Å². The highest BCUT2D eigenvalue weighted by Crippen LogP contribution is 2.23. The number of nitrogens with one attached hydrogen (secondary N) is 2. The summed E-state index contributed by atoms with van der Waals surface area (Å²) >= 11 is 0. The molecule has 0 fully saturated rings. The number of rotatable bonds is 8. The number of nitro benzene ring substituents is 1. The summed E-state index contributed by atoms with van der Waals surface area (Å²) in [7, 11) is 0. The fourth-order valence-electron chi connectivity index (χ4n) is 2.94. The molecule has 10 heteroatoms. The third-order valence-corrected chi connectivity index (χ3v) is 4.49. The summed E-state index contributed by atoms with van der Waals surface area (Å²) in [6, 6.07) is 12.6. The Morgan fingerprint density at radius 1 is 1.19 bits per heavy atom. The summed E-state index contributed by atoms with van der Waals surface area (Å²) < 4.78 is 5.10. The van der Waals surface area contributed by atoms with Crippen molar-refractivity contribution in [2.45, 2.75) is 32.3 Å². The second kappa shape index (κ2) is 9.61. The van der Waals surface area contributed by atoms with Crippen molar-refractivity contribution in [1.82, 2.24) is 9.97 Å². The maximum absolute atomic E-state index is 12.2. The van der Waals surface area contributed by atoms with Crippen molar-refractivity contribution in [3.8, 4) is 0 Å². The second-order valence-electron chi connectivity index (χ2n) is 6.78. The standard InChI is InChI=1S/C21H20N4O6/c1-13(20(27)23-16-9-4-5-10-17(16)25(29)30)31-19(26)12-6-11-18-22-15-8-3-2-7-14(15)21(28)24-18/h2-5,7-10,13H,6,11-12H2,1H3,(H,23,27)(H,22,24,28). The maximum atomic E-state index is 12.2. The molecule has 3 aromatic rings. The molecule has 1 unspecified atom stereocenters.